The fourth-order valence-corrected chi connectivity index (χ4v) is 3.74. The molecule has 1 fully saturated rings. The molecule has 2 aromatic rings. The maximum atomic E-state index is 12.1. The lowest BCUT2D eigenvalue weighted by molar-refractivity contribution is 0.0702. The van der Waals surface area contributed by atoms with Crippen molar-refractivity contribution in [1.29, 1.82) is 0 Å². The minimum atomic E-state index is -1.00. The molecular formula is C17H20N2O4S. The Morgan fingerprint density at radius 1 is 1.33 bits per heavy atom. The molecule has 0 aromatic carbocycles. The van der Waals surface area contributed by atoms with Gasteiger partial charge >= 0.3 is 5.97 Å². The van der Waals surface area contributed by atoms with E-state index >= 15 is 0 Å². The number of amides is 1. The van der Waals surface area contributed by atoms with Crippen LogP contribution in [-0.4, -0.2) is 41.5 Å². The van der Waals surface area contributed by atoms with E-state index in [1.165, 1.54) is 6.07 Å². The fraction of sp³-hybridized carbons (Fsp3) is 0.412. The maximum Gasteiger partial charge on any atom is 0.345 e. The highest BCUT2D eigenvalue weighted by molar-refractivity contribution is 7.15. The second kappa shape index (κ2) is 7.63. The summed E-state index contributed by atoms with van der Waals surface area (Å²) in [6.45, 7) is 3.36. The number of aromatic carboxylic acids is 1. The molecule has 1 amide bonds. The van der Waals surface area contributed by atoms with Crippen molar-refractivity contribution in [3.8, 4) is 0 Å². The molecule has 7 heteroatoms. The van der Waals surface area contributed by atoms with Crippen LogP contribution in [0.4, 0.5) is 0 Å². The van der Waals surface area contributed by atoms with Crippen LogP contribution in [-0.2, 0) is 6.54 Å². The van der Waals surface area contributed by atoms with E-state index in [4.69, 9.17) is 9.52 Å². The fourth-order valence-electron chi connectivity index (χ4n) is 2.98. The van der Waals surface area contributed by atoms with Crippen LogP contribution < -0.4 is 5.32 Å². The summed E-state index contributed by atoms with van der Waals surface area (Å²) in [6.07, 6.45) is 3.87. The van der Waals surface area contributed by atoms with Gasteiger partial charge in [0.15, 0.2) is 0 Å². The molecule has 0 radical (unpaired) electrons. The number of thiophene rings is 1. The van der Waals surface area contributed by atoms with Crippen LogP contribution in [0.2, 0.25) is 0 Å². The quantitative estimate of drug-likeness (QED) is 0.839. The molecule has 0 aliphatic carbocycles. The lowest BCUT2D eigenvalue weighted by Gasteiger charge is -2.32. The van der Waals surface area contributed by atoms with Gasteiger partial charge in [-0.05, 0) is 49.6 Å². The number of carbonyl (C=O) groups is 2. The zero-order valence-electron chi connectivity index (χ0n) is 13.2. The van der Waals surface area contributed by atoms with Gasteiger partial charge in [0.1, 0.15) is 10.6 Å². The Balaban J connectivity index is 1.48. The molecular weight excluding hydrogens is 328 g/mol. The zero-order valence-corrected chi connectivity index (χ0v) is 14.1. The summed E-state index contributed by atoms with van der Waals surface area (Å²) in [5.41, 5.74) is 0. The van der Waals surface area contributed by atoms with E-state index in [9.17, 15) is 9.59 Å². The highest BCUT2D eigenvalue weighted by Crippen LogP contribution is 2.19. The van der Waals surface area contributed by atoms with Crippen LogP contribution in [0.25, 0.3) is 0 Å². The summed E-state index contributed by atoms with van der Waals surface area (Å²) >= 11 is 1.00. The molecule has 0 unspecified atom stereocenters. The standard InChI is InChI=1S/C17H20N2O4S/c20-16(14-5-6-15(24-14)17(21)22)18-9-12-3-1-7-19(10-12)11-13-4-2-8-23-13/h2,4-6,8,12H,1,3,7,9-11H2,(H,18,20)(H,21,22)/t12-/m0/s1. The number of hydrogen-bond acceptors (Lipinski definition) is 5. The number of rotatable bonds is 6. The lowest BCUT2D eigenvalue weighted by Crippen LogP contribution is -2.40. The average molecular weight is 348 g/mol. The summed E-state index contributed by atoms with van der Waals surface area (Å²) in [6, 6.07) is 6.90. The molecule has 6 nitrogen and oxygen atoms in total. The lowest BCUT2D eigenvalue weighted by atomic mass is 9.98. The van der Waals surface area contributed by atoms with Gasteiger partial charge in [0, 0.05) is 13.1 Å². The molecule has 0 bridgehead atoms. The van der Waals surface area contributed by atoms with Crippen LogP contribution in [0.5, 0.6) is 0 Å². The Labute approximate surface area is 144 Å². The van der Waals surface area contributed by atoms with Crippen molar-refractivity contribution < 1.29 is 19.1 Å². The van der Waals surface area contributed by atoms with Gasteiger partial charge in [0.2, 0.25) is 0 Å². The van der Waals surface area contributed by atoms with Gasteiger partial charge in [0.25, 0.3) is 5.91 Å². The Morgan fingerprint density at radius 2 is 2.17 bits per heavy atom. The second-order valence-electron chi connectivity index (χ2n) is 6.00. The van der Waals surface area contributed by atoms with Gasteiger partial charge < -0.3 is 14.8 Å². The minimum absolute atomic E-state index is 0.183. The third-order valence-corrected chi connectivity index (χ3v) is 5.23. The van der Waals surface area contributed by atoms with Gasteiger partial charge in [-0.15, -0.1) is 11.3 Å². The predicted octanol–water partition coefficient (Wildman–Crippen LogP) is 2.68. The van der Waals surface area contributed by atoms with Crippen LogP contribution in [0.3, 0.4) is 0 Å². The van der Waals surface area contributed by atoms with Gasteiger partial charge in [-0.25, -0.2) is 4.79 Å². The molecule has 1 aliphatic heterocycles. The Hall–Kier alpha value is -2.12. The van der Waals surface area contributed by atoms with E-state index in [1.54, 1.807) is 12.3 Å². The highest BCUT2D eigenvalue weighted by Gasteiger charge is 2.21. The van der Waals surface area contributed by atoms with Crippen LogP contribution in [0, 0.1) is 5.92 Å². The topological polar surface area (TPSA) is 82.8 Å². The molecule has 1 atom stereocenters. The number of furan rings is 1. The van der Waals surface area contributed by atoms with E-state index in [0.717, 1.165) is 49.6 Å². The van der Waals surface area contributed by atoms with Crippen molar-refractivity contribution in [2.75, 3.05) is 19.6 Å². The molecule has 1 saturated heterocycles. The van der Waals surface area contributed by atoms with Crippen molar-refractivity contribution in [3.63, 3.8) is 0 Å². The molecule has 24 heavy (non-hydrogen) atoms. The van der Waals surface area contributed by atoms with E-state index < -0.39 is 5.97 Å². The number of carboxylic acids is 1. The van der Waals surface area contributed by atoms with E-state index in [2.05, 4.69) is 10.2 Å². The molecule has 128 valence electrons. The molecule has 3 heterocycles. The number of nitrogens with one attached hydrogen (secondary N) is 1. The molecule has 3 rings (SSSR count). The highest BCUT2D eigenvalue weighted by atomic mass is 32.1. The van der Waals surface area contributed by atoms with Crippen molar-refractivity contribution in [2.45, 2.75) is 19.4 Å². The first-order chi connectivity index (χ1) is 11.6. The number of likely N-dealkylation sites (tertiary alicyclic amines) is 1. The summed E-state index contributed by atoms with van der Waals surface area (Å²) in [4.78, 5) is 26.0. The van der Waals surface area contributed by atoms with Crippen LogP contribution in [0.1, 0.15) is 37.9 Å². The van der Waals surface area contributed by atoms with E-state index in [-0.39, 0.29) is 10.8 Å². The number of hydrogen-bond donors (Lipinski definition) is 2. The van der Waals surface area contributed by atoms with Gasteiger partial charge in [-0.2, -0.15) is 0 Å². The van der Waals surface area contributed by atoms with Crippen LogP contribution >= 0.6 is 11.3 Å². The van der Waals surface area contributed by atoms with Crippen molar-refractivity contribution in [3.05, 3.63) is 46.0 Å². The van der Waals surface area contributed by atoms with Gasteiger partial charge in [-0.3, -0.25) is 9.69 Å². The Morgan fingerprint density at radius 3 is 2.88 bits per heavy atom. The number of carboxylic acid groups (broad SMARTS) is 1. The summed E-state index contributed by atoms with van der Waals surface area (Å²) in [5, 5.41) is 11.8. The second-order valence-corrected chi connectivity index (χ2v) is 7.09. The Bertz CT molecular complexity index is 695. The smallest absolute Gasteiger partial charge is 0.345 e. The zero-order chi connectivity index (χ0) is 16.9. The van der Waals surface area contributed by atoms with Crippen molar-refractivity contribution in [1.82, 2.24) is 10.2 Å². The summed E-state index contributed by atoms with van der Waals surface area (Å²) in [5.74, 6) is 0.159. The largest absolute Gasteiger partial charge is 0.477 e. The normalized spacial score (nSPS) is 18.4. The molecule has 0 saturated carbocycles. The number of nitrogens with zero attached hydrogens (tertiary/aromatic N) is 1. The summed E-state index contributed by atoms with van der Waals surface area (Å²) < 4.78 is 5.39. The van der Waals surface area contributed by atoms with E-state index in [0.29, 0.717) is 17.3 Å². The predicted molar refractivity (Wildman–Crippen MR) is 90.3 cm³/mol. The van der Waals surface area contributed by atoms with Crippen molar-refractivity contribution >= 4 is 23.2 Å². The molecule has 1 aliphatic rings. The SMILES string of the molecule is O=C(O)c1ccc(C(=O)NC[C@@H]2CCCN(Cc3ccco3)C2)s1. The number of carbonyl (C=O) groups excluding carboxylic acids is 1. The van der Waals surface area contributed by atoms with Gasteiger partial charge in [-0.1, -0.05) is 0 Å². The first-order valence-corrected chi connectivity index (χ1v) is 8.79. The first kappa shape index (κ1) is 16.7. The molecule has 2 N–H and O–H groups in total. The first-order valence-electron chi connectivity index (χ1n) is 7.98. The van der Waals surface area contributed by atoms with Gasteiger partial charge in [0.05, 0.1) is 17.7 Å². The van der Waals surface area contributed by atoms with Crippen LogP contribution in [0.15, 0.2) is 34.9 Å². The maximum absolute atomic E-state index is 12.1. The minimum Gasteiger partial charge on any atom is -0.477 e. The number of piperidine rings is 1. The monoisotopic (exact) mass is 348 g/mol. The van der Waals surface area contributed by atoms with Crippen molar-refractivity contribution in [2.24, 2.45) is 5.92 Å². The third kappa shape index (κ3) is 4.24. The third-order valence-electron chi connectivity index (χ3n) is 4.15. The summed E-state index contributed by atoms with van der Waals surface area (Å²) in [7, 11) is 0. The molecule has 0 spiro atoms. The Kier molecular flexibility index (Phi) is 5.32. The molecule has 2 aromatic heterocycles. The van der Waals surface area contributed by atoms with E-state index in [1.807, 2.05) is 12.1 Å². The average Bonchev–Trinajstić information content (AvgIpc) is 3.24.